The van der Waals surface area contributed by atoms with Gasteiger partial charge in [-0.1, -0.05) is 0 Å². The average Bonchev–Trinajstić information content (AvgIpc) is 2.89. The SMILES string of the molecule is CC(=O)OCCCCc1cn([C@H]2CC(O)[C@@H](CO)O2)c(=O)nc1N. The second-order valence-corrected chi connectivity index (χ2v) is 5.75. The summed E-state index contributed by atoms with van der Waals surface area (Å²) in [4.78, 5) is 26.5. The first-order chi connectivity index (χ1) is 11.4. The Morgan fingerprint density at radius 1 is 1.54 bits per heavy atom. The first kappa shape index (κ1) is 18.4. The number of ether oxygens (including phenoxy) is 2. The minimum Gasteiger partial charge on any atom is -0.466 e. The van der Waals surface area contributed by atoms with Crippen LogP contribution in [-0.2, 0) is 20.7 Å². The van der Waals surface area contributed by atoms with Crippen LogP contribution >= 0.6 is 0 Å². The molecule has 0 amide bonds. The Kier molecular flexibility index (Phi) is 6.29. The molecule has 4 N–H and O–H groups in total. The molecule has 2 rings (SSSR count). The van der Waals surface area contributed by atoms with Crippen LogP contribution < -0.4 is 11.4 Å². The second-order valence-electron chi connectivity index (χ2n) is 5.75. The van der Waals surface area contributed by atoms with Gasteiger partial charge in [0.05, 0.1) is 19.3 Å². The quantitative estimate of drug-likeness (QED) is 0.439. The molecule has 0 aromatic carbocycles. The highest BCUT2D eigenvalue weighted by Gasteiger charge is 2.35. The van der Waals surface area contributed by atoms with Crippen molar-refractivity contribution in [3.63, 3.8) is 0 Å². The van der Waals surface area contributed by atoms with Gasteiger partial charge in [0, 0.05) is 25.1 Å². The zero-order chi connectivity index (χ0) is 17.7. The van der Waals surface area contributed by atoms with Crippen LogP contribution in [0.15, 0.2) is 11.0 Å². The number of nitrogen functional groups attached to an aromatic ring is 1. The molecule has 134 valence electrons. The van der Waals surface area contributed by atoms with E-state index < -0.39 is 24.1 Å². The summed E-state index contributed by atoms with van der Waals surface area (Å²) in [5.74, 6) is -0.166. The third-order valence-corrected chi connectivity index (χ3v) is 3.90. The van der Waals surface area contributed by atoms with Gasteiger partial charge in [0.25, 0.3) is 0 Å². The standard InChI is InChI=1S/C15H23N3O6/c1-9(20)23-5-3-2-4-10-7-18(15(22)17-14(10)16)13-6-11(21)12(8-19)24-13/h7,11-13,19,21H,2-6,8H2,1H3,(H2,16,17,22)/t11?,12-,13-/m1/s1. The van der Waals surface area contributed by atoms with Crippen molar-refractivity contribution in [2.45, 2.75) is 51.0 Å². The molecule has 0 saturated carbocycles. The first-order valence-corrected chi connectivity index (χ1v) is 7.87. The van der Waals surface area contributed by atoms with E-state index in [4.69, 9.17) is 20.3 Å². The van der Waals surface area contributed by atoms with E-state index in [1.165, 1.54) is 11.5 Å². The summed E-state index contributed by atoms with van der Waals surface area (Å²) in [7, 11) is 0. The fraction of sp³-hybridized carbons (Fsp3) is 0.667. The predicted molar refractivity (Wildman–Crippen MR) is 84.1 cm³/mol. The molecule has 1 aliphatic heterocycles. The third-order valence-electron chi connectivity index (χ3n) is 3.90. The van der Waals surface area contributed by atoms with Gasteiger partial charge < -0.3 is 25.4 Å². The van der Waals surface area contributed by atoms with Crippen LogP contribution in [0.5, 0.6) is 0 Å². The number of nitrogens with two attached hydrogens (primary N) is 1. The van der Waals surface area contributed by atoms with E-state index in [0.29, 0.717) is 31.4 Å². The lowest BCUT2D eigenvalue weighted by Gasteiger charge is -2.16. The number of esters is 1. The van der Waals surface area contributed by atoms with Crippen molar-refractivity contribution in [3.8, 4) is 0 Å². The minimum atomic E-state index is -0.836. The minimum absolute atomic E-state index is 0.154. The van der Waals surface area contributed by atoms with E-state index in [1.54, 1.807) is 6.20 Å². The lowest BCUT2D eigenvalue weighted by molar-refractivity contribution is -0.141. The molecule has 2 heterocycles. The summed E-state index contributed by atoms with van der Waals surface area (Å²) in [6, 6.07) is 0. The van der Waals surface area contributed by atoms with Crippen LogP contribution in [0.1, 0.15) is 38.0 Å². The molecule has 1 aromatic rings. The maximum Gasteiger partial charge on any atom is 0.351 e. The molecule has 3 atom stereocenters. The number of aliphatic hydroxyl groups excluding tert-OH is 2. The van der Waals surface area contributed by atoms with E-state index in [1.807, 2.05) is 0 Å². The van der Waals surface area contributed by atoms with Crippen molar-refractivity contribution in [1.29, 1.82) is 0 Å². The lowest BCUT2D eigenvalue weighted by atomic mass is 10.1. The van der Waals surface area contributed by atoms with Crippen molar-refractivity contribution in [1.82, 2.24) is 9.55 Å². The number of aryl methyl sites for hydroxylation is 1. The number of anilines is 1. The van der Waals surface area contributed by atoms with Crippen molar-refractivity contribution in [3.05, 3.63) is 22.2 Å². The smallest absolute Gasteiger partial charge is 0.351 e. The Hall–Kier alpha value is -1.97. The van der Waals surface area contributed by atoms with Gasteiger partial charge in [-0.15, -0.1) is 0 Å². The molecule has 0 aliphatic carbocycles. The number of unbranched alkanes of at least 4 members (excludes halogenated alkanes) is 1. The summed E-state index contributed by atoms with van der Waals surface area (Å²) in [5.41, 5.74) is 5.91. The molecule has 1 aliphatic rings. The second kappa shape index (κ2) is 8.22. The zero-order valence-corrected chi connectivity index (χ0v) is 13.6. The fourth-order valence-corrected chi connectivity index (χ4v) is 2.60. The van der Waals surface area contributed by atoms with Crippen molar-refractivity contribution >= 4 is 11.8 Å². The molecule has 1 unspecified atom stereocenters. The van der Waals surface area contributed by atoms with Crippen LogP contribution in [-0.4, -0.2) is 51.2 Å². The number of hydrogen-bond acceptors (Lipinski definition) is 8. The number of rotatable bonds is 7. The molecule has 9 nitrogen and oxygen atoms in total. The van der Waals surface area contributed by atoms with Gasteiger partial charge >= 0.3 is 11.7 Å². The first-order valence-electron chi connectivity index (χ1n) is 7.87. The van der Waals surface area contributed by atoms with E-state index >= 15 is 0 Å². The zero-order valence-electron chi connectivity index (χ0n) is 13.6. The number of nitrogens with zero attached hydrogens (tertiary/aromatic N) is 2. The molecule has 0 spiro atoms. The average molecular weight is 341 g/mol. The summed E-state index contributed by atoms with van der Waals surface area (Å²) < 4.78 is 11.6. The molecular formula is C15H23N3O6. The monoisotopic (exact) mass is 341 g/mol. The number of aliphatic hydroxyl groups is 2. The maximum atomic E-state index is 12.0. The molecular weight excluding hydrogens is 318 g/mol. The maximum absolute atomic E-state index is 12.0. The van der Waals surface area contributed by atoms with E-state index in [9.17, 15) is 14.7 Å². The van der Waals surface area contributed by atoms with Crippen LogP contribution in [0.4, 0.5) is 5.82 Å². The highest BCUT2D eigenvalue weighted by atomic mass is 16.5. The summed E-state index contributed by atoms with van der Waals surface area (Å²) >= 11 is 0. The van der Waals surface area contributed by atoms with Crippen LogP contribution in [0.2, 0.25) is 0 Å². The lowest BCUT2D eigenvalue weighted by Crippen LogP contribution is -2.29. The van der Waals surface area contributed by atoms with Crippen molar-refractivity contribution < 1.29 is 24.5 Å². The Morgan fingerprint density at radius 3 is 2.92 bits per heavy atom. The van der Waals surface area contributed by atoms with Crippen LogP contribution in [0.25, 0.3) is 0 Å². The Bertz CT molecular complexity index is 632. The number of hydrogen-bond donors (Lipinski definition) is 3. The van der Waals surface area contributed by atoms with Crippen LogP contribution in [0, 0.1) is 0 Å². The number of aromatic nitrogens is 2. The van der Waals surface area contributed by atoms with Gasteiger partial charge in [-0.25, -0.2) is 4.79 Å². The Labute approximate surface area is 139 Å². The van der Waals surface area contributed by atoms with Crippen LogP contribution in [0.3, 0.4) is 0 Å². The summed E-state index contributed by atoms with van der Waals surface area (Å²) in [6.07, 6.45) is 1.49. The molecule has 24 heavy (non-hydrogen) atoms. The van der Waals surface area contributed by atoms with Gasteiger partial charge in [-0.2, -0.15) is 4.98 Å². The molecule has 9 heteroatoms. The number of carbonyl (C=O) groups excluding carboxylic acids is 1. The third kappa shape index (κ3) is 4.53. The van der Waals surface area contributed by atoms with Crippen molar-refractivity contribution in [2.75, 3.05) is 18.9 Å². The fourth-order valence-electron chi connectivity index (χ4n) is 2.60. The van der Waals surface area contributed by atoms with Gasteiger partial charge in [0.2, 0.25) is 0 Å². The summed E-state index contributed by atoms with van der Waals surface area (Å²) in [5, 5.41) is 18.9. The Morgan fingerprint density at radius 2 is 2.29 bits per heavy atom. The molecule has 1 fully saturated rings. The molecule has 1 aromatic heterocycles. The summed E-state index contributed by atoms with van der Waals surface area (Å²) in [6.45, 7) is 1.36. The van der Waals surface area contributed by atoms with Gasteiger partial charge in [0.1, 0.15) is 18.1 Å². The normalized spacial score (nSPS) is 23.4. The Balaban J connectivity index is 2.03. The van der Waals surface area contributed by atoms with E-state index in [-0.39, 0.29) is 24.8 Å². The topological polar surface area (TPSA) is 137 Å². The van der Waals surface area contributed by atoms with Gasteiger partial charge in [-0.05, 0) is 19.3 Å². The highest BCUT2D eigenvalue weighted by molar-refractivity contribution is 5.65. The van der Waals surface area contributed by atoms with E-state index in [0.717, 1.165) is 0 Å². The molecule has 1 saturated heterocycles. The van der Waals surface area contributed by atoms with Gasteiger partial charge in [-0.3, -0.25) is 9.36 Å². The van der Waals surface area contributed by atoms with Crippen molar-refractivity contribution in [2.24, 2.45) is 0 Å². The largest absolute Gasteiger partial charge is 0.466 e. The van der Waals surface area contributed by atoms with Gasteiger partial charge in [0.15, 0.2) is 0 Å². The molecule has 0 radical (unpaired) electrons. The predicted octanol–water partition coefficient (Wildman–Crippen LogP) is -0.648. The highest BCUT2D eigenvalue weighted by Crippen LogP contribution is 2.28. The van der Waals surface area contributed by atoms with E-state index in [2.05, 4.69) is 4.98 Å². The molecule has 0 bridgehead atoms. The number of carbonyl (C=O) groups is 1.